The average Bonchev–Trinajstić information content (AvgIpc) is 3.09. The van der Waals surface area contributed by atoms with Gasteiger partial charge in [0.25, 0.3) is 0 Å². The summed E-state index contributed by atoms with van der Waals surface area (Å²) in [5.74, 6) is -1.90. The molecule has 2 atom stereocenters. The van der Waals surface area contributed by atoms with Crippen LogP contribution in [-0.2, 0) is 17.9 Å². The van der Waals surface area contributed by atoms with Gasteiger partial charge in [-0.2, -0.15) is 13.2 Å². The van der Waals surface area contributed by atoms with Gasteiger partial charge >= 0.3 is 11.9 Å². The Morgan fingerprint density at radius 3 is 2.38 bits per heavy atom. The van der Waals surface area contributed by atoms with E-state index in [1.165, 1.54) is 42.5 Å². The number of benzene rings is 2. The monoisotopic (exact) mass is 580 g/mol. The molecule has 0 fully saturated rings. The lowest BCUT2D eigenvalue weighted by Crippen LogP contribution is -2.37. The molecular weight excluding hydrogens is 564 g/mol. The largest absolute Gasteiger partial charge is 0.416 e. The number of halogens is 6. The molecule has 1 aromatic heterocycles. The number of hydrogen-bond acceptors (Lipinski definition) is 6. The summed E-state index contributed by atoms with van der Waals surface area (Å²) >= 11 is 18.0. The molecule has 15 heteroatoms. The van der Waals surface area contributed by atoms with Gasteiger partial charge in [-0.25, -0.2) is 9.48 Å². The number of ketones is 1. The smallest absolute Gasteiger partial charge is 0.382 e. The van der Waals surface area contributed by atoms with Crippen molar-refractivity contribution >= 4 is 40.6 Å². The van der Waals surface area contributed by atoms with Gasteiger partial charge in [0.1, 0.15) is 6.54 Å². The summed E-state index contributed by atoms with van der Waals surface area (Å²) < 4.78 is 40.2. The van der Waals surface area contributed by atoms with E-state index < -0.39 is 60.6 Å². The molecule has 198 valence electrons. The lowest BCUT2D eigenvalue weighted by atomic mass is 9.93. The van der Waals surface area contributed by atoms with Gasteiger partial charge in [0.15, 0.2) is 17.7 Å². The molecule has 0 saturated heterocycles. The fourth-order valence-electron chi connectivity index (χ4n) is 3.59. The van der Waals surface area contributed by atoms with Crippen LogP contribution >= 0.6 is 34.8 Å². The van der Waals surface area contributed by atoms with E-state index in [9.17, 15) is 38.0 Å². The molecule has 0 bridgehead atoms. The number of rotatable bonds is 10. The minimum atomic E-state index is -5.01. The van der Waals surface area contributed by atoms with Crippen LogP contribution in [0, 0.1) is 10.1 Å². The van der Waals surface area contributed by atoms with Crippen molar-refractivity contribution in [2.24, 2.45) is 0 Å². The van der Waals surface area contributed by atoms with Crippen LogP contribution in [-0.4, -0.2) is 49.0 Å². The Kier molecular flexibility index (Phi) is 9.00. The number of carbonyl (C=O) groups excluding carboxylic acids is 1. The van der Waals surface area contributed by atoms with E-state index in [2.05, 4.69) is 5.10 Å². The molecule has 0 radical (unpaired) electrons. The topological polar surface area (TPSA) is 120 Å². The van der Waals surface area contributed by atoms with Gasteiger partial charge < -0.3 is 5.11 Å². The van der Waals surface area contributed by atoms with Gasteiger partial charge in [-0.15, -0.1) is 5.10 Å². The molecule has 37 heavy (non-hydrogen) atoms. The van der Waals surface area contributed by atoms with Crippen LogP contribution in [0.25, 0.3) is 11.4 Å². The van der Waals surface area contributed by atoms with E-state index >= 15 is 0 Å². The van der Waals surface area contributed by atoms with E-state index in [1.54, 1.807) is 0 Å². The van der Waals surface area contributed by atoms with Crippen molar-refractivity contribution in [1.82, 2.24) is 14.3 Å². The summed E-state index contributed by atoms with van der Waals surface area (Å²) in [7, 11) is 0. The number of nitro groups is 1. The van der Waals surface area contributed by atoms with E-state index in [1.807, 2.05) is 0 Å². The highest BCUT2D eigenvalue weighted by atomic mass is 35.5. The highest BCUT2D eigenvalue weighted by molar-refractivity contribution is 6.42. The molecule has 1 unspecified atom stereocenters. The summed E-state index contributed by atoms with van der Waals surface area (Å²) in [6, 6.07) is 10.1. The standard InChI is InChI=1S/C22H18Cl3F3N4O5/c23-14-6-4-12(5-7-14)20-29-31(21(35)30(20)11-18(34)22(26,27)28)10-15(33)8-13(9-32(36)37)16-2-1-3-17(24)19(16)25/h1-7,13,18,34H,8-11H2/t13?,18-/m0/s1. The minimum absolute atomic E-state index is 0.0384. The highest BCUT2D eigenvalue weighted by Gasteiger charge is 2.39. The SMILES string of the molecule is O=C(CC(C[N+](=O)[O-])c1cccc(Cl)c1Cl)Cn1nc(-c2ccc(Cl)cc2)n(C[C@H](O)C(F)(F)F)c1=O. The van der Waals surface area contributed by atoms with E-state index in [4.69, 9.17) is 34.8 Å². The first-order chi connectivity index (χ1) is 17.3. The number of aliphatic hydroxyl groups excluding tert-OH is 1. The number of carbonyl (C=O) groups is 1. The first kappa shape index (κ1) is 28.6. The van der Waals surface area contributed by atoms with Crippen LogP contribution < -0.4 is 5.69 Å². The van der Waals surface area contributed by atoms with Crippen molar-refractivity contribution in [3.63, 3.8) is 0 Å². The molecule has 0 spiro atoms. The molecule has 2 aromatic carbocycles. The van der Waals surface area contributed by atoms with Crippen LogP contribution in [0.5, 0.6) is 0 Å². The molecule has 0 saturated carbocycles. The summed E-state index contributed by atoms with van der Waals surface area (Å²) in [5.41, 5.74) is -0.625. The second-order valence-electron chi connectivity index (χ2n) is 8.04. The van der Waals surface area contributed by atoms with Crippen molar-refractivity contribution in [3.05, 3.63) is 83.7 Å². The van der Waals surface area contributed by atoms with Crippen molar-refractivity contribution in [2.45, 2.75) is 37.7 Å². The lowest BCUT2D eigenvalue weighted by molar-refractivity contribution is -0.483. The Bertz CT molecular complexity index is 1360. The Hall–Kier alpha value is -2.93. The quantitative estimate of drug-likeness (QED) is 0.276. The summed E-state index contributed by atoms with van der Waals surface area (Å²) in [4.78, 5) is 36.4. The van der Waals surface area contributed by atoms with Crippen LogP contribution in [0.15, 0.2) is 47.3 Å². The highest BCUT2D eigenvalue weighted by Crippen LogP contribution is 2.33. The third-order valence-corrected chi connectivity index (χ3v) is 6.44. The van der Waals surface area contributed by atoms with Gasteiger partial charge in [0.05, 0.1) is 22.5 Å². The first-order valence-corrected chi connectivity index (χ1v) is 11.7. The van der Waals surface area contributed by atoms with E-state index in [0.29, 0.717) is 14.3 Å². The first-order valence-electron chi connectivity index (χ1n) is 10.5. The molecule has 9 nitrogen and oxygen atoms in total. The van der Waals surface area contributed by atoms with E-state index in [-0.39, 0.29) is 27.0 Å². The molecule has 3 aromatic rings. The maximum absolute atomic E-state index is 13.0. The molecular formula is C22H18Cl3F3N4O5. The molecule has 1 N–H and O–H groups in total. The number of hydrogen-bond donors (Lipinski definition) is 1. The van der Waals surface area contributed by atoms with E-state index in [0.717, 1.165) is 0 Å². The van der Waals surface area contributed by atoms with Crippen molar-refractivity contribution < 1.29 is 28.0 Å². The van der Waals surface area contributed by atoms with Gasteiger partial charge in [-0.1, -0.05) is 46.9 Å². The Balaban J connectivity index is 1.94. The van der Waals surface area contributed by atoms with Crippen LogP contribution in [0.2, 0.25) is 15.1 Å². The maximum Gasteiger partial charge on any atom is 0.416 e. The van der Waals surface area contributed by atoms with Crippen LogP contribution in [0.3, 0.4) is 0 Å². The molecule has 0 amide bonds. The second-order valence-corrected chi connectivity index (χ2v) is 9.26. The lowest BCUT2D eigenvalue weighted by Gasteiger charge is -2.15. The number of Topliss-reactive ketones (excluding diaryl/α,β-unsaturated/α-hetero) is 1. The summed E-state index contributed by atoms with van der Waals surface area (Å²) in [6.45, 7) is -2.53. The fraction of sp³-hybridized carbons (Fsp3) is 0.318. The van der Waals surface area contributed by atoms with Gasteiger partial charge in [0, 0.05) is 21.9 Å². The summed E-state index contributed by atoms with van der Waals surface area (Å²) in [6.07, 6.45) is -8.32. The number of aromatic nitrogens is 3. The Labute approximate surface area is 222 Å². The predicted octanol–water partition coefficient (Wildman–Crippen LogP) is 4.61. The van der Waals surface area contributed by atoms with Gasteiger partial charge in [-0.3, -0.25) is 19.5 Å². The maximum atomic E-state index is 13.0. The van der Waals surface area contributed by atoms with Crippen molar-refractivity contribution in [3.8, 4) is 11.4 Å². The van der Waals surface area contributed by atoms with Gasteiger partial charge in [0.2, 0.25) is 6.54 Å². The van der Waals surface area contributed by atoms with Crippen LogP contribution in [0.1, 0.15) is 17.9 Å². The number of alkyl halides is 3. The number of aliphatic hydroxyl groups is 1. The third-order valence-electron chi connectivity index (χ3n) is 5.35. The minimum Gasteiger partial charge on any atom is -0.382 e. The molecule has 0 aliphatic carbocycles. The second kappa shape index (κ2) is 11.6. The molecule has 3 rings (SSSR count). The van der Waals surface area contributed by atoms with Crippen molar-refractivity contribution in [2.75, 3.05) is 6.54 Å². The fourth-order valence-corrected chi connectivity index (χ4v) is 4.18. The van der Waals surface area contributed by atoms with Gasteiger partial charge in [-0.05, 0) is 35.9 Å². The Morgan fingerprint density at radius 2 is 1.78 bits per heavy atom. The zero-order chi connectivity index (χ0) is 27.5. The number of nitrogens with zero attached hydrogens (tertiary/aromatic N) is 4. The zero-order valence-corrected chi connectivity index (χ0v) is 20.9. The normalized spacial score (nSPS) is 13.4. The van der Waals surface area contributed by atoms with Crippen LogP contribution in [0.4, 0.5) is 13.2 Å². The molecule has 1 heterocycles. The molecule has 0 aliphatic rings. The Morgan fingerprint density at radius 1 is 1.14 bits per heavy atom. The predicted molar refractivity (Wildman–Crippen MR) is 130 cm³/mol. The summed E-state index contributed by atoms with van der Waals surface area (Å²) in [5, 5.41) is 25.2. The third kappa shape index (κ3) is 7.10. The average molecular weight is 582 g/mol. The zero-order valence-electron chi connectivity index (χ0n) is 18.7. The molecule has 0 aliphatic heterocycles. The van der Waals surface area contributed by atoms with Crippen molar-refractivity contribution in [1.29, 1.82) is 0 Å².